The van der Waals surface area contributed by atoms with Crippen molar-refractivity contribution in [3.63, 3.8) is 0 Å². The molecule has 1 aromatic heterocycles. The molecule has 0 bridgehead atoms. The lowest BCUT2D eigenvalue weighted by molar-refractivity contribution is -0.117. The Hall–Kier alpha value is -2.14. The molecule has 1 fully saturated rings. The van der Waals surface area contributed by atoms with Crippen LogP contribution in [0.15, 0.2) is 24.4 Å². The molecule has 5 heteroatoms. The molecule has 20 heavy (non-hydrogen) atoms. The van der Waals surface area contributed by atoms with Crippen LogP contribution in [0.3, 0.4) is 0 Å². The van der Waals surface area contributed by atoms with Crippen LogP contribution >= 0.6 is 0 Å². The maximum absolute atomic E-state index is 11.7. The van der Waals surface area contributed by atoms with Crippen molar-refractivity contribution in [3.8, 4) is 11.3 Å². The number of anilines is 1. The monoisotopic (exact) mass is 268 g/mol. The van der Waals surface area contributed by atoms with E-state index in [0.717, 1.165) is 41.4 Å². The molecule has 1 amide bonds. The number of carbonyl (C=O) groups is 1. The lowest BCUT2D eigenvalue weighted by Crippen LogP contribution is -2.40. The van der Waals surface area contributed by atoms with Gasteiger partial charge in [0.15, 0.2) is 0 Å². The standard InChI is InChI=1S/C15H16N4O/c1-19-13-3-2-9(4-10(13)5-14(19)20)12-8-17-15(18-12)11-6-16-7-11/h2-4,8,11,16H,5-7H2,1H3,(H,17,18). The summed E-state index contributed by atoms with van der Waals surface area (Å²) in [6.45, 7) is 1.99. The van der Waals surface area contributed by atoms with Crippen molar-refractivity contribution in [2.24, 2.45) is 0 Å². The molecule has 2 aromatic rings. The SMILES string of the molecule is CN1C(=O)Cc2cc(-c3cnc(C4CNC4)[nH]3)ccc21. The third-order valence-corrected chi connectivity index (χ3v) is 4.23. The summed E-state index contributed by atoms with van der Waals surface area (Å²) < 4.78 is 0. The molecule has 0 unspecified atom stereocenters. The average Bonchev–Trinajstić information content (AvgIpc) is 2.94. The van der Waals surface area contributed by atoms with Crippen molar-refractivity contribution in [1.29, 1.82) is 0 Å². The number of likely N-dealkylation sites (N-methyl/N-ethyl adjacent to an activating group) is 1. The van der Waals surface area contributed by atoms with Gasteiger partial charge in [0.25, 0.3) is 0 Å². The number of carbonyl (C=O) groups excluding carboxylic acids is 1. The summed E-state index contributed by atoms with van der Waals surface area (Å²) in [4.78, 5) is 21.3. The second kappa shape index (κ2) is 4.18. The highest BCUT2D eigenvalue weighted by molar-refractivity contribution is 6.01. The van der Waals surface area contributed by atoms with E-state index in [1.54, 1.807) is 4.90 Å². The second-order valence-electron chi connectivity index (χ2n) is 5.51. The normalized spacial score (nSPS) is 18.2. The molecule has 0 radical (unpaired) electrons. The Morgan fingerprint density at radius 1 is 1.35 bits per heavy atom. The highest BCUT2D eigenvalue weighted by atomic mass is 16.2. The largest absolute Gasteiger partial charge is 0.342 e. The Labute approximate surface area is 117 Å². The van der Waals surface area contributed by atoms with Gasteiger partial charge in [-0.2, -0.15) is 0 Å². The number of aromatic nitrogens is 2. The van der Waals surface area contributed by atoms with Gasteiger partial charge in [0.1, 0.15) is 5.82 Å². The van der Waals surface area contributed by atoms with Gasteiger partial charge in [-0.05, 0) is 23.3 Å². The van der Waals surface area contributed by atoms with Crippen molar-refractivity contribution in [1.82, 2.24) is 15.3 Å². The topological polar surface area (TPSA) is 61.0 Å². The Balaban J connectivity index is 1.67. The van der Waals surface area contributed by atoms with Crippen LogP contribution < -0.4 is 10.2 Å². The molecule has 0 aliphatic carbocycles. The summed E-state index contributed by atoms with van der Waals surface area (Å²) in [5, 5.41) is 3.25. The van der Waals surface area contributed by atoms with Gasteiger partial charge in [0.05, 0.1) is 18.3 Å². The number of nitrogens with one attached hydrogen (secondary N) is 2. The van der Waals surface area contributed by atoms with E-state index in [-0.39, 0.29) is 5.91 Å². The number of rotatable bonds is 2. The Morgan fingerprint density at radius 2 is 2.20 bits per heavy atom. The van der Waals surface area contributed by atoms with Crippen LogP contribution in [0.2, 0.25) is 0 Å². The number of benzene rings is 1. The van der Waals surface area contributed by atoms with Crippen LogP contribution in [0.4, 0.5) is 5.69 Å². The number of aromatic amines is 1. The molecule has 1 aromatic carbocycles. The number of nitrogens with zero attached hydrogens (tertiary/aromatic N) is 2. The second-order valence-corrected chi connectivity index (χ2v) is 5.51. The van der Waals surface area contributed by atoms with E-state index in [2.05, 4.69) is 21.4 Å². The Bertz CT molecular complexity index is 687. The van der Waals surface area contributed by atoms with Crippen LogP contribution in [0, 0.1) is 0 Å². The first-order chi connectivity index (χ1) is 9.72. The molecule has 2 N–H and O–H groups in total. The Kier molecular flexibility index (Phi) is 2.44. The van der Waals surface area contributed by atoms with Gasteiger partial charge in [-0.15, -0.1) is 0 Å². The fraction of sp³-hybridized carbons (Fsp3) is 0.333. The first-order valence-electron chi connectivity index (χ1n) is 6.88. The van der Waals surface area contributed by atoms with Gasteiger partial charge in [-0.25, -0.2) is 4.98 Å². The van der Waals surface area contributed by atoms with E-state index in [1.165, 1.54) is 0 Å². The van der Waals surface area contributed by atoms with Gasteiger partial charge in [-0.3, -0.25) is 4.79 Å². The lowest BCUT2D eigenvalue weighted by atomic mass is 10.0. The van der Waals surface area contributed by atoms with E-state index in [9.17, 15) is 4.79 Å². The van der Waals surface area contributed by atoms with Crippen LogP contribution in [-0.2, 0) is 11.2 Å². The van der Waals surface area contributed by atoms with E-state index in [4.69, 9.17) is 0 Å². The third-order valence-electron chi connectivity index (χ3n) is 4.23. The van der Waals surface area contributed by atoms with Crippen LogP contribution in [-0.4, -0.2) is 36.0 Å². The molecule has 4 rings (SSSR count). The fourth-order valence-corrected chi connectivity index (χ4v) is 2.81. The van der Waals surface area contributed by atoms with Gasteiger partial charge >= 0.3 is 0 Å². The molecule has 0 saturated carbocycles. The zero-order valence-corrected chi connectivity index (χ0v) is 11.3. The van der Waals surface area contributed by atoms with Crippen molar-refractivity contribution >= 4 is 11.6 Å². The summed E-state index contributed by atoms with van der Waals surface area (Å²) in [6.07, 6.45) is 2.38. The first kappa shape index (κ1) is 11.7. The van der Waals surface area contributed by atoms with Crippen molar-refractivity contribution < 1.29 is 4.79 Å². The zero-order chi connectivity index (χ0) is 13.7. The van der Waals surface area contributed by atoms with E-state index in [1.807, 2.05) is 25.4 Å². The summed E-state index contributed by atoms with van der Waals surface area (Å²) in [6, 6.07) is 6.15. The molecule has 3 heterocycles. The van der Waals surface area contributed by atoms with Gasteiger partial charge in [-0.1, -0.05) is 6.07 Å². The fourth-order valence-electron chi connectivity index (χ4n) is 2.81. The number of H-pyrrole nitrogens is 1. The zero-order valence-electron chi connectivity index (χ0n) is 11.3. The molecule has 1 saturated heterocycles. The van der Waals surface area contributed by atoms with Crippen LogP contribution in [0.25, 0.3) is 11.3 Å². The quantitative estimate of drug-likeness (QED) is 0.862. The predicted molar refractivity (Wildman–Crippen MR) is 76.7 cm³/mol. The highest BCUT2D eigenvalue weighted by Crippen LogP contribution is 2.32. The highest BCUT2D eigenvalue weighted by Gasteiger charge is 2.25. The van der Waals surface area contributed by atoms with E-state index in [0.29, 0.717) is 12.3 Å². The molecule has 102 valence electrons. The van der Waals surface area contributed by atoms with Crippen molar-refractivity contribution in [3.05, 3.63) is 35.8 Å². The van der Waals surface area contributed by atoms with E-state index >= 15 is 0 Å². The van der Waals surface area contributed by atoms with Gasteiger partial charge in [0.2, 0.25) is 5.91 Å². The smallest absolute Gasteiger partial charge is 0.231 e. The maximum Gasteiger partial charge on any atom is 0.231 e. The minimum atomic E-state index is 0.156. The summed E-state index contributed by atoms with van der Waals surface area (Å²) in [5.41, 5.74) is 4.23. The lowest BCUT2D eigenvalue weighted by Gasteiger charge is -2.24. The average molecular weight is 268 g/mol. The first-order valence-corrected chi connectivity index (χ1v) is 6.88. The molecule has 0 atom stereocenters. The number of fused-ring (bicyclic) bond motifs is 1. The molecule has 2 aliphatic heterocycles. The van der Waals surface area contributed by atoms with Crippen molar-refractivity contribution in [2.75, 3.05) is 25.0 Å². The van der Waals surface area contributed by atoms with Crippen LogP contribution in [0.1, 0.15) is 17.3 Å². The molecule has 2 aliphatic rings. The van der Waals surface area contributed by atoms with Crippen LogP contribution in [0.5, 0.6) is 0 Å². The van der Waals surface area contributed by atoms with Crippen molar-refractivity contribution in [2.45, 2.75) is 12.3 Å². The number of hydrogen-bond donors (Lipinski definition) is 2. The molecule has 5 nitrogen and oxygen atoms in total. The summed E-state index contributed by atoms with van der Waals surface area (Å²) >= 11 is 0. The summed E-state index contributed by atoms with van der Waals surface area (Å²) in [5.74, 6) is 1.71. The van der Waals surface area contributed by atoms with E-state index < -0.39 is 0 Å². The predicted octanol–water partition coefficient (Wildman–Crippen LogP) is 1.28. The third kappa shape index (κ3) is 1.67. The minimum Gasteiger partial charge on any atom is -0.342 e. The molecule has 0 spiro atoms. The number of hydrogen-bond acceptors (Lipinski definition) is 3. The summed E-state index contributed by atoms with van der Waals surface area (Å²) in [7, 11) is 1.83. The minimum absolute atomic E-state index is 0.156. The maximum atomic E-state index is 11.7. The molecular weight excluding hydrogens is 252 g/mol. The number of amides is 1. The number of imidazole rings is 1. The van der Waals surface area contributed by atoms with Gasteiger partial charge < -0.3 is 15.2 Å². The molecular formula is C15H16N4O. The Morgan fingerprint density at radius 3 is 2.95 bits per heavy atom. The van der Waals surface area contributed by atoms with Gasteiger partial charge in [0, 0.05) is 31.7 Å².